The predicted molar refractivity (Wildman–Crippen MR) is 102 cm³/mol. The number of thiocarbonyl (C=S) groups is 1. The Morgan fingerprint density at radius 3 is 2.72 bits per heavy atom. The van der Waals surface area contributed by atoms with Gasteiger partial charge in [-0.15, -0.1) is 0 Å². The fourth-order valence-electron chi connectivity index (χ4n) is 2.86. The molecule has 3 rings (SSSR count). The molecule has 2 atom stereocenters. The van der Waals surface area contributed by atoms with Crippen LogP contribution >= 0.6 is 24.0 Å². The molecule has 0 saturated carbocycles. The van der Waals surface area contributed by atoms with E-state index in [1.165, 1.54) is 11.8 Å². The van der Waals surface area contributed by atoms with E-state index < -0.39 is 17.8 Å². The molecule has 4 nitrogen and oxygen atoms in total. The summed E-state index contributed by atoms with van der Waals surface area (Å²) in [5, 5.41) is 9.58. The molecule has 2 heterocycles. The number of hydrogen-bond donors (Lipinski definition) is 1. The van der Waals surface area contributed by atoms with Crippen molar-refractivity contribution in [2.75, 3.05) is 0 Å². The summed E-state index contributed by atoms with van der Waals surface area (Å²) in [6.07, 6.45) is 1.77. The largest absolute Gasteiger partial charge is 0.457 e. The molecule has 126 valence electrons. The summed E-state index contributed by atoms with van der Waals surface area (Å²) in [5.74, 6) is -1.39. The average Bonchev–Trinajstić information content (AvgIpc) is 3.14. The molecular formula is C19H16N2O2S2. The smallest absolute Gasteiger partial charge is 0.335 e. The topological polar surface area (TPSA) is 65.9 Å². The number of nitrogens with one attached hydrogen (secondary N) is 1. The van der Waals surface area contributed by atoms with E-state index in [-0.39, 0.29) is 6.61 Å². The van der Waals surface area contributed by atoms with E-state index in [0.29, 0.717) is 9.77 Å². The third-order valence-electron chi connectivity index (χ3n) is 4.06. The van der Waals surface area contributed by atoms with E-state index in [4.69, 9.17) is 17.0 Å². The summed E-state index contributed by atoms with van der Waals surface area (Å²) in [5.41, 5.74) is 2.21. The van der Waals surface area contributed by atoms with Crippen LogP contribution in [0.15, 0.2) is 59.1 Å². The first-order valence-corrected chi connectivity index (χ1v) is 9.00. The Kier molecular flexibility index (Phi) is 5.37. The lowest BCUT2D eigenvalue weighted by molar-refractivity contribution is -0.140. The third kappa shape index (κ3) is 3.68. The van der Waals surface area contributed by atoms with Crippen molar-refractivity contribution in [2.45, 2.75) is 19.4 Å². The van der Waals surface area contributed by atoms with Gasteiger partial charge in [0.25, 0.3) is 0 Å². The number of ether oxygens (including phenoxy) is 1. The molecule has 1 aliphatic heterocycles. The van der Waals surface area contributed by atoms with Crippen molar-refractivity contribution in [3.05, 3.63) is 70.4 Å². The number of esters is 1. The van der Waals surface area contributed by atoms with Crippen LogP contribution in [-0.4, -0.2) is 15.1 Å². The second-order valence-corrected chi connectivity index (χ2v) is 7.62. The molecule has 6 heteroatoms. The molecule has 2 aromatic rings. The van der Waals surface area contributed by atoms with Crippen LogP contribution in [0.5, 0.6) is 0 Å². The number of aromatic nitrogens is 1. The van der Waals surface area contributed by atoms with Gasteiger partial charge in [0.05, 0.1) is 21.8 Å². The zero-order chi connectivity index (χ0) is 17.8. The van der Waals surface area contributed by atoms with Crippen molar-refractivity contribution in [2.24, 2.45) is 5.92 Å². The Morgan fingerprint density at radius 1 is 1.32 bits per heavy atom. The van der Waals surface area contributed by atoms with Crippen molar-refractivity contribution in [1.82, 2.24) is 4.98 Å². The maximum absolute atomic E-state index is 12.8. The van der Waals surface area contributed by atoms with Gasteiger partial charge in [-0.25, -0.2) is 4.79 Å². The summed E-state index contributed by atoms with van der Waals surface area (Å²) >= 11 is 6.68. The summed E-state index contributed by atoms with van der Waals surface area (Å²) in [4.78, 5) is 16.7. The van der Waals surface area contributed by atoms with Crippen LogP contribution < -0.4 is 0 Å². The fraction of sp³-hybridized carbons (Fsp3) is 0.211. The molecule has 0 bridgehead atoms. The van der Waals surface area contributed by atoms with Gasteiger partial charge in [0.15, 0.2) is 0 Å². The number of nitrogens with zero attached hydrogens (tertiary/aromatic N) is 1. The van der Waals surface area contributed by atoms with Crippen LogP contribution in [0.2, 0.25) is 0 Å². The minimum Gasteiger partial charge on any atom is -0.457 e. The molecule has 1 aliphatic rings. The average molecular weight is 368 g/mol. The maximum atomic E-state index is 12.8. The Bertz CT molecular complexity index is 851. The highest BCUT2D eigenvalue weighted by Gasteiger charge is 2.40. The van der Waals surface area contributed by atoms with E-state index >= 15 is 0 Å². The van der Waals surface area contributed by atoms with Crippen molar-refractivity contribution in [3.63, 3.8) is 0 Å². The molecule has 2 unspecified atom stereocenters. The van der Waals surface area contributed by atoms with Crippen LogP contribution in [0.3, 0.4) is 0 Å². The maximum Gasteiger partial charge on any atom is 0.335 e. The van der Waals surface area contributed by atoms with Gasteiger partial charge < -0.3 is 9.72 Å². The Labute approximate surface area is 155 Å². The molecule has 0 aliphatic carbocycles. The van der Waals surface area contributed by atoms with Gasteiger partial charge >= 0.3 is 5.97 Å². The van der Waals surface area contributed by atoms with E-state index in [9.17, 15) is 10.1 Å². The number of thioether (sulfide) groups is 1. The number of nitriles is 1. The van der Waals surface area contributed by atoms with Crippen LogP contribution in [0.1, 0.15) is 24.1 Å². The number of aromatic amines is 1. The number of hydrogen-bond acceptors (Lipinski definition) is 5. The van der Waals surface area contributed by atoms with Crippen LogP contribution in [-0.2, 0) is 16.1 Å². The standard InChI is InChI=1S/C19H16N2O2S2/c1-12-16(18(22)23-11-13-6-3-2-4-7-13)17(15-8-5-9-21-15)14(10-20)19(24)25-12/h2-9,14,17,21H,11H2,1H3. The first-order chi connectivity index (χ1) is 12.1. The third-order valence-corrected chi connectivity index (χ3v) is 5.55. The van der Waals surface area contributed by atoms with Crippen LogP contribution in [0.25, 0.3) is 0 Å². The summed E-state index contributed by atoms with van der Waals surface area (Å²) in [6, 6.07) is 15.5. The van der Waals surface area contributed by atoms with Gasteiger partial charge in [0.1, 0.15) is 12.5 Å². The second-order valence-electron chi connectivity index (χ2n) is 5.66. The van der Waals surface area contributed by atoms with E-state index in [0.717, 1.165) is 16.2 Å². The molecule has 1 N–H and O–H groups in total. The molecule has 1 aromatic heterocycles. The second kappa shape index (κ2) is 7.68. The monoisotopic (exact) mass is 368 g/mol. The molecule has 0 amide bonds. The van der Waals surface area contributed by atoms with Crippen LogP contribution in [0, 0.1) is 17.2 Å². The van der Waals surface area contributed by atoms with Gasteiger partial charge in [-0.3, -0.25) is 0 Å². The summed E-state index contributed by atoms with van der Waals surface area (Å²) in [7, 11) is 0. The van der Waals surface area contributed by atoms with Crippen molar-refractivity contribution < 1.29 is 9.53 Å². The molecule has 0 radical (unpaired) electrons. The number of carbonyl (C=O) groups excluding carboxylic acids is 1. The van der Waals surface area contributed by atoms with Gasteiger partial charge in [0, 0.05) is 11.9 Å². The fourth-order valence-corrected chi connectivity index (χ4v) is 4.36. The SMILES string of the molecule is CC1=C(C(=O)OCc2ccccc2)C(c2ccc[nH]2)C(C#N)C(=S)S1. The molecular weight excluding hydrogens is 352 g/mol. The highest BCUT2D eigenvalue weighted by Crippen LogP contribution is 2.45. The molecule has 0 fully saturated rings. The van der Waals surface area contributed by atoms with Gasteiger partial charge in [-0.05, 0) is 29.5 Å². The zero-order valence-corrected chi connectivity index (χ0v) is 15.2. The van der Waals surface area contributed by atoms with Crippen molar-refractivity contribution >= 4 is 34.1 Å². The predicted octanol–water partition coefficient (Wildman–Crippen LogP) is 4.33. The lowest BCUT2D eigenvalue weighted by Gasteiger charge is -2.29. The summed E-state index contributed by atoms with van der Waals surface area (Å²) in [6.45, 7) is 2.04. The number of carbonyl (C=O) groups is 1. The molecule has 0 saturated heterocycles. The zero-order valence-electron chi connectivity index (χ0n) is 13.6. The lowest BCUT2D eigenvalue weighted by Crippen LogP contribution is -2.29. The van der Waals surface area contributed by atoms with E-state index in [1.807, 2.05) is 49.4 Å². The Hall–Kier alpha value is -2.36. The lowest BCUT2D eigenvalue weighted by atomic mass is 9.84. The Balaban J connectivity index is 1.90. The van der Waals surface area contributed by atoms with E-state index in [1.54, 1.807) is 6.20 Å². The summed E-state index contributed by atoms with van der Waals surface area (Å²) < 4.78 is 6.10. The van der Waals surface area contributed by atoms with Crippen LogP contribution in [0.4, 0.5) is 0 Å². The normalized spacial score (nSPS) is 20.2. The molecule has 25 heavy (non-hydrogen) atoms. The Morgan fingerprint density at radius 2 is 2.08 bits per heavy atom. The van der Waals surface area contributed by atoms with Gasteiger partial charge in [-0.2, -0.15) is 5.26 Å². The highest BCUT2D eigenvalue weighted by atomic mass is 32.2. The first-order valence-electron chi connectivity index (χ1n) is 7.78. The molecule has 0 spiro atoms. The highest BCUT2D eigenvalue weighted by molar-refractivity contribution is 8.25. The van der Waals surface area contributed by atoms with Crippen molar-refractivity contribution in [3.8, 4) is 6.07 Å². The van der Waals surface area contributed by atoms with E-state index in [2.05, 4.69) is 11.1 Å². The number of allylic oxidation sites excluding steroid dienone is 1. The molecule has 1 aromatic carbocycles. The van der Waals surface area contributed by atoms with Crippen molar-refractivity contribution in [1.29, 1.82) is 5.26 Å². The van der Waals surface area contributed by atoms with Gasteiger partial charge in [-0.1, -0.05) is 54.3 Å². The number of H-pyrrole nitrogens is 1. The van der Waals surface area contributed by atoms with Gasteiger partial charge in [0.2, 0.25) is 0 Å². The minimum atomic E-state index is -0.554. The number of rotatable bonds is 4. The quantitative estimate of drug-likeness (QED) is 0.643. The first kappa shape index (κ1) is 17.5. The minimum absolute atomic E-state index is 0.195. The number of benzene rings is 1.